The standard InChI is InChI=1S/C15H13Br2NO2/c1-9(10-3-2-4-11(16)7-10)18-14-6-5-12(17)8-13(14)15(19)20/h2-9,18H,1H3,(H,19,20). The molecule has 1 atom stereocenters. The molecule has 0 saturated heterocycles. The molecule has 2 N–H and O–H groups in total. The molecule has 0 heterocycles. The van der Waals surface area contributed by atoms with E-state index < -0.39 is 5.97 Å². The first-order chi connectivity index (χ1) is 9.47. The highest BCUT2D eigenvalue weighted by Gasteiger charge is 2.13. The van der Waals surface area contributed by atoms with Crippen molar-refractivity contribution in [3.05, 3.63) is 62.5 Å². The minimum atomic E-state index is -0.949. The summed E-state index contributed by atoms with van der Waals surface area (Å²) >= 11 is 6.72. The van der Waals surface area contributed by atoms with E-state index in [1.807, 2.05) is 37.3 Å². The molecule has 0 aliphatic rings. The summed E-state index contributed by atoms with van der Waals surface area (Å²) in [5, 5.41) is 12.5. The minimum absolute atomic E-state index is 0.00627. The highest BCUT2D eigenvalue weighted by atomic mass is 79.9. The van der Waals surface area contributed by atoms with Gasteiger partial charge in [-0.3, -0.25) is 0 Å². The predicted molar refractivity (Wildman–Crippen MR) is 87.3 cm³/mol. The van der Waals surface area contributed by atoms with Crippen LogP contribution in [-0.4, -0.2) is 11.1 Å². The average molecular weight is 399 g/mol. The normalized spacial score (nSPS) is 11.9. The van der Waals surface area contributed by atoms with Crippen molar-refractivity contribution in [1.82, 2.24) is 0 Å². The number of carbonyl (C=O) groups is 1. The molecule has 0 aliphatic heterocycles. The number of hydrogen-bond acceptors (Lipinski definition) is 2. The van der Waals surface area contributed by atoms with E-state index >= 15 is 0 Å². The maximum absolute atomic E-state index is 11.3. The van der Waals surface area contributed by atoms with Gasteiger partial charge in [0.1, 0.15) is 0 Å². The van der Waals surface area contributed by atoms with Gasteiger partial charge >= 0.3 is 5.97 Å². The van der Waals surface area contributed by atoms with E-state index in [9.17, 15) is 9.90 Å². The number of rotatable bonds is 4. The zero-order valence-corrected chi connectivity index (χ0v) is 13.9. The third kappa shape index (κ3) is 3.61. The number of nitrogens with one attached hydrogen (secondary N) is 1. The number of hydrogen-bond donors (Lipinski definition) is 2. The number of carboxylic acids is 1. The topological polar surface area (TPSA) is 49.3 Å². The Morgan fingerprint density at radius 2 is 1.85 bits per heavy atom. The lowest BCUT2D eigenvalue weighted by Crippen LogP contribution is -2.10. The van der Waals surface area contributed by atoms with Gasteiger partial charge in [-0.05, 0) is 42.8 Å². The first-order valence-corrected chi connectivity index (χ1v) is 7.61. The molecule has 2 rings (SSSR count). The van der Waals surface area contributed by atoms with E-state index in [1.165, 1.54) is 0 Å². The molecular formula is C15H13Br2NO2. The summed E-state index contributed by atoms with van der Waals surface area (Å²) in [5.41, 5.74) is 1.94. The van der Waals surface area contributed by atoms with Crippen LogP contribution in [0.3, 0.4) is 0 Å². The van der Waals surface area contributed by atoms with Crippen LogP contribution in [0.5, 0.6) is 0 Å². The van der Waals surface area contributed by atoms with Gasteiger partial charge in [0.2, 0.25) is 0 Å². The third-order valence-electron chi connectivity index (χ3n) is 2.93. The monoisotopic (exact) mass is 397 g/mol. The Labute approximate surface area is 134 Å². The Balaban J connectivity index is 2.28. The van der Waals surface area contributed by atoms with Crippen molar-refractivity contribution in [2.45, 2.75) is 13.0 Å². The largest absolute Gasteiger partial charge is 0.478 e. The fourth-order valence-electron chi connectivity index (χ4n) is 1.91. The van der Waals surface area contributed by atoms with E-state index in [1.54, 1.807) is 12.1 Å². The Kier molecular flexibility index (Phi) is 4.83. The van der Waals surface area contributed by atoms with E-state index in [4.69, 9.17) is 0 Å². The van der Waals surface area contributed by atoms with Gasteiger partial charge in [0.25, 0.3) is 0 Å². The number of aromatic carboxylic acids is 1. The zero-order chi connectivity index (χ0) is 14.7. The molecule has 3 nitrogen and oxygen atoms in total. The van der Waals surface area contributed by atoms with Crippen LogP contribution in [0.2, 0.25) is 0 Å². The number of carboxylic acid groups (broad SMARTS) is 1. The molecule has 2 aromatic rings. The van der Waals surface area contributed by atoms with Crippen LogP contribution >= 0.6 is 31.9 Å². The Hall–Kier alpha value is -1.33. The van der Waals surface area contributed by atoms with Crippen LogP contribution in [0, 0.1) is 0 Å². The van der Waals surface area contributed by atoms with Gasteiger partial charge in [0.05, 0.1) is 5.56 Å². The molecule has 20 heavy (non-hydrogen) atoms. The van der Waals surface area contributed by atoms with Crippen molar-refractivity contribution in [2.24, 2.45) is 0 Å². The van der Waals surface area contributed by atoms with E-state index in [0.717, 1.165) is 14.5 Å². The second kappa shape index (κ2) is 6.41. The molecule has 0 aromatic heterocycles. The summed E-state index contributed by atoms with van der Waals surface area (Å²) in [4.78, 5) is 11.3. The Morgan fingerprint density at radius 3 is 2.50 bits per heavy atom. The van der Waals surface area contributed by atoms with Crippen molar-refractivity contribution in [2.75, 3.05) is 5.32 Å². The fourth-order valence-corrected chi connectivity index (χ4v) is 2.69. The van der Waals surface area contributed by atoms with Crippen molar-refractivity contribution < 1.29 is 9.90 Å². The Bertz CT molecular complexity index is 644. The van der Waals surface area contributed by atoms with Crippen LogP contribution in [0.4, 0.5) is 5.69 Å². The SMILES string of the molecule is CC(Nc1ccc(Br)cc1C(=O)O)c1cccc(Br)c1. The first kappa shape index (κ1) is 15.1. The van der Waals surface area contributed by atoms with E-state index in [0.29, 0.717) is 5.69 Å². The highest BCUT2D eigenvalue weighted by Crippen LogP contribution is 2.26. The summed E-state index contributed by atoms with van der Waals surface area (Å²) < 4.78 is 1.74. The average Bonchev–Trinajstić information content (AvgIpc) is 2.40. The quantitative estimate of drug-likeness (QED) is 0.754. The molecule has 0 aliphatic carbocycles. The maximum Gasteiger partial charge on any atom is 0.337 e. The van der Waals surface area contributed by atoms with Crippen molar-refractivity contribution in [3.8, 4) is 0 Å². The second-order valence-electron chi connectivity index (χ2n) is 4.42. The van der Waals surface area contributed by atoms with Gasteiger partial charge in [-0.1, -0.05) is 44.0 Å². The molecule has 0 spiro atoms. The summed E-state index contributed by atoms with van der Waals surface area (Å²) in [6.07, 6.45) is 0. The highest BCUT2D eigenvalue weighted by molar-refractivity contribution is 9.10. The summed E-state index contributed by atoms with van der Waals surface area (Å²) in [6.45, 7) is 2.00. The lowest BCUT2D eigenvalue weighted by Gasteiger charge is -2.17. The van der Waals surface area contributed by atoms with Crippen LogP contribution < -0.4 is 5.32 Å². The lowest BCUT2D eigenvalue weighted by atomic mass is 10.1. The number of halogens is 2. The molecule has 0 saturated carbocycles. The van der Waals surface area contributed by atoms with Crippen molar-refractivity contribution in [3.63, 3.8) is 0 Å². The molecule has 0 fully saturated rings. The first-order valence-electron chi connectivity index (χ1n) is 6.02. The van der Waals surface area contributed by atoms with Gasteiger partial charge in [-0.15, -0.1) is 0 Å². The molecule has 104 valence electrons. The third-order valence-corrected chi connectivity index (χ3v) is 3.92. The number of anilines is 1. The fraction of sp³-hybridized carbons (Fsp3) is 0.133. The van der Waals surface area contributed by atoms with E-state index in [2.05, 4.69) is 37.2 Å². The molecule has 2 aromatic carbocycles. The molecule has 1 unspecified atom stereocenters. The van der Waals surface area contributed by atoms with Crippen LogP contribution in [0.25, 0.3) is 0 Å². The number of benzene rings is 2. The lowest BCUT2D eigenvalue weighted by molar-refractivity contribution is 0.0698. The maximum atomic E-state index is 11.3. The van der Waals surface area contributed by atoms with Gasteiger partial charge in [0, 0.05) is 20.7 Å². The molecule has 0 bridgehead atoms. The summed E-state index contributed by atoms with van der Waals surface area (Å²) in [5.74, 6) is -0.949. The predicted octanol–water partition coefficient (Wildman–Crippen LogP) is 5.08. The summed E-state index contributed by atoms with van der Waals surface area (Å²) in [6, 6.07) is 13.1. The molecule has 0 radical (unpaired) electrons. The smallest absolute Gasteiger partial charge is 0.337 e. The molecule has 5 heteroatoms. The van der Waals surface area contributed by atoms with Crippen LogP contribution in [0.1, 0.15) is 28.9 Å². The van der Waals surface area contributed by atoms with Crippen LogP contribution in [0.15, 0.2) is 51.4 Å². The van der Waals surface area contributed by atoms with Gasteiger partial charge in [0.15, 0.2) is 0 Å². The molecular weight excluding hydrogens is 386 g/mol. The molecule has 0 amide bonds. The van der Waals surface area contributed by atoms with Crippen LogP contribution in [-0.2, 0) is 0 Å². The van der Waals surface area contributed by atoms with Gasteiger partial charge < -0.3 is 10.4 Å². The Morgan fingerprint density at radius 1 is 1.15 bits per heavy atom. The summed E-state index contributed by atoms with van der Waals surface area (Å²) in [7, 11) is 0. The van der Waals surface area contributed by atoms with Gasteiger partial charge in [-0.2, -0.15) is 0 Å². The van der Waals surface area contributed by atoms with Gasteiger partial charge in [-0.25, -0.2) is 4.79 Å². The second-order valence-corrected chi connectivity index (χ2v) is 6.25. The minimum Gasteiger partial charge on any atom is -0.478 e. The van der Waals surface area contributed by atoms with E-state index in [-0.39, 0.29) is 11.6 Å². The van der Waals surface area contributed by atoms with Crippen molar-refractivity contribution in [1.29, 1.82) is 0 Å². The zero-order valence-electron chi connectivity index (χ0n) is 10.7. The van der Waals surface area contributed by atoms with Crippen molar-refractivity contribution >= 4 is 43.5 Å².